The molecule has 0 bridgehead atoms. The fraction of sp³-hybridized carbons (Fsp3) is 0.211. The van der Waals surface area contributed by atoms with Gasteiger partial charge in [-0.3, -0.25) is 0 Å². The zero-order valence-electron chi connectivity index (χ0n) is 12.6. The van der Waals surface area contributed by atoms with Crippen LogP contribution in [0.15, 0.2) is 42.5 Å². The lowest BCUT2D eigenvalue weighted by atomic mass is 9.76. The smallest absolute Gasteiger partial charge is 0.139 e. The van der Waals surface area contributed by atoms with E-state index in [9.17, 15) is 10.4 Å². The minimum absolute atomic E-state index is 0.0436. The number of hydrogen-bond acceptors (Lipinski definition) is 3. The monoisotopic (exact) mass is 356 g/mol. The average molecular weight is 357 g/mol. The summed E-state index contributed by atoms with van der Waals surface area (Å²) < 4.78 is 0. The van der Waals surface area contributed by atoms with Crippen molar-refractivity contribution in [3.63, 3.8) is 0 Å². The first-order valence-electron chi connectivity index (χ1n) is 7.74. The lowest BCUT2D eigenvalue weighted by molar-refractivity contribution is 0.402. The second kappa shape index (κ2) is 5.73. The van der Waals surface area contributed by atoms with Gasteiger partial charge in [-0.1, -0.05) is 47.5 Å². The highest BCUT2D eigenvalue weighted by atomic mass is 35.5. The van der Waals surface area contributed by atoms with E-state index < -0.39 is 0 Å². The van der Waals surface area contributed by atoms with Crippen molar-refractivity contribution < 1.29 is 5.11 Å². The van der Waals surface area contributed by atoms with Gasteiger partial charge in [-0.15, -0.1) is 0 Å². The van der Waals surface area contributed by atoms with Crippen molar-refractivity contribution >= 4 is 28.9 Å². The van der Waals surface area contributed by atoms with Crippen LogP contribution in [0.4, 0.5) is 5.69 Å². The molecule has 24 heavy (non-hydrogen) atoms. The van der Waals surface area contributed by atoms with Gasteiger partial charge in [0, 0.05) is 16.5 Å². The molecule has 2 aromatic rings. The number of phenols is 1. The Morgan fingerprint density at radius 3 is 2.83 bits per heavy atom. The van der Waals surface area contributed by atoms with Gasteiger partial charge < -0.3 is 10.4 Å². The van der Waals surface area contributed by atoms with Gasteiger partial charge in [0.25, 0.3) is 0 Å². The number of para-hydroxylation sites is 1. The zero-order valence-corrected chi connectivity index (χ0v) is 14.1. The first-order valence-corrected chi connectivity index (χ1v) is 8.50. The summed E-state index contributed by atoms with van der Waals surface area (Å²) in [6, 6.07) is 11.1. The van der Waals surface area contributed by atoms with Crippen molar-refractivity contribution in [2.75, 3.05) is 5.32 Å². The van der Waals surface area contributed by atoms with Gasteiger partial charge in [0.1, 0.15) is 11.8 Å². The van der Waals surface area contributed by atoms with Crippen LogP contribution in [0, 0.1) is 17.2 Å². The van der Waals surface area contributed by atoms with Crippen molar-refractivity contribution in [1.29, 1.82) is 5.26 Å². The number of phenolic OH excluding ortho intramolecular Hbond substituents is 1. The van der Waals surface area contributed by atoms with Crippen LogP contribution >= 0.6 is 23.2 Å². The number of fused-ring (bicyclic) bond motifs is 3. The predicted octanol–water partition coefficient (Wildman–Crippen LogP) is 5.40. The Morgan fingerprint density at radius 2 is 2.04 bits per heavy atom. The largest absolute Gasteiger partial charge is 0.506 e. The fourth-order valence-corrected chi connectivity index (χ4v) is 4.35. The Hall–Kier alpha value is -2.15. The normalized spacial score (nSPS) is 24.0. The van der Waals surface area contributed by atoms with Crippen LogP contribution in [-0.2, 0) is 0 Å². The minimum atomic E-state index is -0.164. The number of allylic oxidation sites excluding steroid dienone is 2. The average Bonchev–Trinajstić information content (AvgIpc) is 3.07. The molecule has 1 aliphatic carbocycles. The minimum Gasteiger partial charge on any atom is -0.506 e. The molecule has 3 unspecified atom stereocenters. The van der Waals surface area contributed by atoms with Gasteiger partial charge in [-0.2, -0.15) is 5.26 Å². The van der Waals surface area contributed by atoms with E-state index in [0.29, 0.717) is 16.1 Å². The van der Waals surface area contributed by atoms with E-state index >= 15 is 0 Å². The van der Waals surface area contributed by atoms with Gasteiger partial charge in [-0.25, -0.2) is 0 Å². The number of rotatable bonds is 1. The highest BCUT2D eigenvalue weighted by Gasteiger charge is 2.40. The van der Waals surface area contributed by atoms with Crippen LogP contribution in [0.25, 0.3) is 0 Å². The van der Waals surface area contributed by atoms with Crippen molar-refractivity contribution in [1.82, 2.24) is 0 Å². The van der Waals surface area contributed by atoms with Gasteiger partial charge in [-0.05, 0) is 36.1 Å². The number of nitrogens with zero attached hydrogens (tertiary/aromatic N) is 1. The van der Waals surface area contributed by atoms with Gasteiger partial charge in [0.15, 0.2) is 0 Å². The summed E-state index contributed by atoms with van der Waals surface area (Å²) in [6.45, 7) is 0. The molecule has 0 amide bonds. The maximum Gasteiger partial charge on any atom is 0.139 e. The Morgan fingerprint density at radius 1 is 1.21 bits per heavy atom. The van der Waals surface area contributed by atoms with E-state index in [-0.39, 0.29) is 28.6 Å². The van der Waals surface area contributed by atoms with Gasteiger partial charge >= 0.3 is 0 Å². The number of aromatic hydroxyl groups is 1. The molecule has 1 aliphatic heterocycles. The molecule has 2 N–H and O–H groups in total. The van der Waals surface area contributed by atoms with Crippen LogP contribution in [0.3, 0.4) is 0 Å². The van der Waals surface area contributed by atoms with Gasteiger partial charge in [0.2, 0.25) is 0 Å². The number of nitrogens with one attached hydrogen (secondary N) is 1. The molecule has 120 valence electrons. The third-order valence-corrected chi connectivity index (χ3v) is 5.42. The lowest BCUT2D eigenvalue weighted by Gasteiger charge is -2.38. The van der Waals surface area contributed by atoms with E-state index in [1.807, 2.05) is 6.07 Å². The SMILES string of the molecule is N#Cc1cccc2c1NC(c1cc(Cl)cc(Cl)c1O)C1CC=CC21. The summed E-state index contributed by atoms with van der Waals surface area (Å²) in [4.78, 5) is 0. The molecular weight excluding hydrogens is 343 g/mol. The zero-order chi connectivity index (χ0) is 16.8. The molecule has 0 fully saturated rings. The summed E-state index contributed by atoms with van der Waals surface area (Å²) >= 11 is 12.3. The van der Waals surface area contributed by atoms with Crippen LogP contribution in [0.1, 0.15) is 35.1 Å². The van der Waals surface area contributed by atoms with Crippen LogP contribution in [0.2, 0.25) is 10.0 Å². The molecule has 3 atom stereocenters. The quantitative estimate of drug-likeness (QED) is 0.672. The molecule has 5 heteroatoms. The number of nitriles is 1. The summed E-state index contributed by atoms with van der Waals surface area (Å²) in [5, 5.41) is 24.1. The maximum absolute atomic E-state index is 10.5. The molecule has 3 nitrogen and oxygen atoms in total. The van der Waals surface area contributed by atoms with Gasteiger partial charge in [0.05, 0.1) is 22.3 Å². The van der Waals surface area contributed by atoms with Crippen molar-refractivity contribution in [3.8, 4) is 11.8 Å². The van der Waals surface area contributed by atoms with Crippen LogP contribution in [0.5, 0.6) is 5.75 Å². The first kappa shape index (κ1) is 15.4. The van der Waals surface area contributed by atoms with Crippen LogP contribution in [-0.4, -0.2) is 5.11 Å². The summed E-state index contributed by atoms with van der Waals surface area (Å²) in [6.07, 6.45) is 5.23. The number of hydrogen-bond donors (Lipinski definition) is 2. The summed E-state index contributed by atoms with van der Waals surface area (Å²) in [7, 11) is 0. The highest BCUT2D eigenvalue weighted by molar-refractivity contribution is 6.35. The number of benzene rings is 2. The molecule has 1 heterocycles. The number of anilines is 1. The second-order valence-electron chi connectivity index (χ2n) is 6.18. The number of halogens is 2. The molecular formula is C19H14Cl2N2O. The molecule has 2 aromatic carbocycles. The maximum atomic E-state index is 10.5. The molecule has 0 radical (unpaired) electrons. The summed E-state index contributed by atoms with van der Waals surface area (Å²) in [5.41, 5.74) is 3.22. The predicted molar refractivity (Wildman–Crippen MR) is 95.6 cm³/mol. The Labute approximate surface area is 150 Å². The van der Waals surface area contributed by atoms with Crippen molar-refractivity contribution in [2.24, 2.45) is 5.92 Å². The van der Waals surface area contributed by atoms with Crippen molar-refractivity contribution in [2.45, 2.75) is 18.4 Å². The van der Waals surface area contributed by atoms with E-state index in [1.54, 1.807) is 12.1 Å². The topological polar surface area (TPSA) is 56.0 Å². The Bertz CT molecular complexity index is 901. The van der Waals surface area contributed by atoms with E-state index in [4.69, 9.17) is 23.2 Å². The second-order valence-corrected chi connectivity index (χ2v) is 7.03. The standard InChI is InChI=1S/C19H14Cl2N2O/c20-11-7-15(19(24)16(21)8-11)18-14-6-2-4-12(14)13-5-1-3-10(9-22)17(13)23-18/h1-5,7-8,12,14,18,23-24H,6H2. The lowest BCUT2D eigenvalue weighted by Crippen LogP contribution is -2.29. The fourth-order valence-electron chi connectivity index (χ4n) is 3.85. The van der Waals surface area contributed by atoms with Crippen LogP contribution < -0.4 is 5.32 Å². The third-order valence-electron chi connectivity index (χ3n) is 4.91. The van der Waals surface area contributed by atoms with E-state index in [1.165, 1.54) is 6.07 Å². The Kier molecular flexibility index (Phi) is 3.68. The molecule has 4 rings (SSSR count). The molecule has 0 spiro atoms. The first-order chi connectivity index (χ1) is 11.6. The van der Waals surface area contributed by atoms with E-state index in [2.05, 4.69) is 29.6 Å². The van der Waals surface area contributed by atoms with E-state index in [0.717, 1.165) is 17.7 Å². The Balaban J connectivity index is 1.89. The summed E-state index contributed by atoms with van der Waals surface area (Å²) in [5.74, 6) is 0.491. The highest BCUT2D eigenvalue weighted by Crippen LogP contribution is 2.52. The molecule has 2 aliphatic rings. The molecule has 0 aromatic heterocycles. The molecule has 0 saturated carbocycles. The van der Waals surface area contributed by atoms with Crippen molar-refractivity contribution in [3.05, 3.63) is 69.2 Å². The molecule has 0 saturated heterocycles. The third kappa shape index (κ3) is 2.26.